The SMILES string of the molecule is O=C1NNC(c2cccnc2)N1. The van der Waals surface area contributed by atoms with Gasteiger partial charge in [-0.05, 0) is 6.07 Å². The Balaban J connectivity index is 2.16. The van der Waals surface area contributed by atoms with Gasteiger partial charge < -0.3 is 5.32 Å². The number of carbonyl (C=O) groups excluding carboxylic acids is 1. The number of nitrogens with one attached hydrogen (secondary N) is 3. The van der Waals surface area contributed by atoms with Crippen LogP contribution in [0.1, 0.15) is 11.7 Å². The van der Waals surface area contributed by atoms with Gasteiger partial charge >= 0.3 is 6.03 Å². The molecule has 2 rings (SSSR count). The van der Waals surface area contributed by atoms with Gasteiger partial charge in [0.05, 0.1) is 0 Å². The summed E-state index contributed by atoms with van der Waals surface area (Å²) in [6.45, 7) is 0. The van der Waals surface area contributed by atoms with Crippen molar-refractivity contribution in [1.82, 2.24) is 21.2 Å². The average Bonchev–Trinajstić information content (AvgIpc) is 2.54. The van der Waals surface area contributed by atoms with Gasteiger partial charge in [0.1, 0.15) is 6.17 Å². The monoisotopic (exact) mass is 164 g/mol. The number of rotatable bonds is 1. The molecule has 0 saturated carbocycles. The molecule has 0 bridgehead atoms. The number of nitrogens with zero attached hydrogens (tertiary/aromatic N) is 1. The lowest BCUT2D eigenvalue weighted by Crippen LogP contribution is -2.26. The molecular formula is C7H8N4O. The highest BCUT2D eigenvalue weighted by Crippen LogP contribution is 2.08. The second-order valence-corrected chi connectivity index (χ2v) is 2.46. The summed E-state index contributed by atoms with van der Waals surface area (Å²) < 4.78 is 0. The topological polar surface area (TPSA) is 66.0 Å². The maximum atomic E-state index is 10.7. The zero-order valence-corrected chi connectivity index (χ0v) is 6.24. The first-order chi connectivity index (χ1) is 5.86. The molecule has 5 nitrogen and oxygen atoms in total. The third-order valence-corrected chi connectivity index (χ3v) is 1.62. The van der Waals surface area contributed by atoms with Crippen molar-refractivity contribution in [2.24, 2.45) is 0 Å². The molecular weight excluding hydrogens is 156 g/mol. The molecule has 1 fully saturated rings. The molecule has 1 aliphatic heterocycles. The largest absolute Gasteiger partial charge is 0.330 e. The minimum atomic E-state index is -0.219. The van der Waals surface area contributed by atoms with Gasteiger partial charge in [0.2, 0.25) is 0 Å². The average molecular weight is 164 g/mol. The van der Waals surface area contributed by atoms with E-state index in [4.69, 9.17) is 0 Å². The van der Waals surface area contributed by atoms with Crippen LogP contribution < -0.4 is 16.2 Å². The smallest absolute Gasteiger partial charge is 0.316 e. The lowest BCUT2D eigenvalue weighted by molar-refractivity contribution is 0.247. The van der Waals surface area contributed by atoms with Gasteiger partial charge in [-0.15, -0.1) is 0 Å². The van der Waals surface area contributed by atoms with Crippen LogP contribution in [-0.2, 0) is 0 Å². The number of hydrazine groups is 1. The molecule has 12 heavy (non-hydrogen) atoms. The third-order valence-electron chi connectivity index (χ3n) is 1.62. The van der Waals surface area contributed by atoms with E-state index in [0.29, 0.717) is 0 Å². The Bertz CT molecular complexity index is 287. The number of carbonyl (C=O) groups is 1. The molecule has 0 aromatic carbocycles. The Hall–Kier alpha value is -1.62. The Morgan fingerprint density at radius 2 is 2.42 bits per heavy atom. The highest BCUT2D eigenvalue weighted by molar-refractivity contribution is 5.75. The van der Waals surface area contributed by atoms with Crippen LogP contribution in [0.5, 0.6) is 0 Å². The maximum absolute atomic E-state index is 10.7. The molecule has 5 heteroatoms. The third kappa shape index (κ3) is 1.22. The summed E-state index contributed by atoms with van der Waals surface area (Å²) in [4.78, 5) is 14.7. The summed E-state index contributed by atoms with van der Waals surface area (Å²) in [5.41, 5.74) is 6.14. The van der Waals surface area contributed by atoms with E-state index in [0.717, 1.165) is 5.56 Å². The van der Waals surface area contributed by atoms with E-state index in [-0.39, 0.29) is 12.2 Å². The molecule has 1 unspecified atom stereocenters. The van der Waals surface area contributed by atoms with Crippen LogP contribution in [-0.4, -0.2) is 11.0 Å². The molecule has 0 spiro atoms. The molecule has 1 atom stereocenters. The molecule has 2 heterocycles. The van der Waals surface area contributed by atoms with Crippen molar-refractivity contribution in [3.8, 4) is 0 Å². The van der Waals surface area contributed by atoms with E-state index in [1.165, 1.54) is 0 Å². The number of hydrogen-bond acceptors (Lipinski definition) is 3. The highest BCUT2D eigenvalue weighted by Gasteiger charge is 2.20. The molecule has 62 valence electrons. The molecule has 2 amide bonds. The number of amides is 2. The minimum Gasteiger partial charge on any atom is -0.316 e. The predicted molar refractivity (Wildman–Crippen MR) is 41.8 cm³/mol. The van der Waals surface area contributed by atoms with Crippen LogP contribution in [0.2, 0.25) is 0 Å². The first kappa shape index (κ1) is 7.05. The van der Waals surface area contributed by atoms with Gasteiger partial charge in [-0.25, -0.2) is 10.2 Å². The van der Waals surface area contributed by atoms with Crippen LogP contribution in [0.25, 0.3) is 0 Å². The lowest BCUT2D eigenvalue weighted by Gasteiger charge is -2.07. The summed E-state index contributed by atoms with van der Waals surface area (Å²) in [5.74, 6) is 0. The fraction of sp³-hybridized carbons (Fsp3) is 0.143. The molecule has 1 aromatic rings. The first-order valence-corrected chi connectivity index (χ1v) is 3.58. The quantitative estimate of drug-likeness (QED) is 0.543. The van der Waals surface area contributed by atoms with Crippen LogP contribution in [0.3, 0.4) is 0 Å². The van der Waals surface area contributed by atoms with Gasteiger partial charge in [0, 0.05) is 18.0 Å². The van der Waals surface area contributed by atoms with E-state index in [1.54, 1.807) is 12.4 Å². The van der Waals surface area contributed by atoms with Gasteiger partial charge in [-0.3, -0.25) is 10.4 Å². The highest BCUT2D eigenvalue weighted by atomic mass is 16.2. The summed E-state index contributed by atoms with van der Waals surface area (Å²) in [7, 11) is 0. The van der Waals surface area contributed by atoms with E-state index >= 15 is 0 Å². The Morgan fingerprint density at radius 1 is 1.50 bits per heavy atom. The number of urea groups is 1. The normalized spacial score (nSPS) is 21.7. The van der Waals surface area contributed by atoms with E-state index < -0.39 is 0 Å². The van der Waals surface area contributed by atoms with Crippen molar-refractivity contribution >= 4 is 6.03 Å². The summed E-state index contributed by atoms with van der Waals surface area (Å²) in [6.07, 6.45) is 3.21. The summed E-state index contributed by atoms with van der Waals surface area (Å²) >= 11 is 0. The summed E-state index contributed by atoms with van der Waals surface area (Å²) in [5, 5.41) is 2.67. The minimum absolute atomic E-state index is 0.175. The van der Waals surface area contributed by atoms with Crippen LogP contribution in [0, 0.1) is 0 Å². The molecule has 1 aliphatic rings. The van der Waals surface area contributed by atoms with Gasteiger partial charge in [0.15, 0.2) is 0 Å². The zero-order chi connectivity index (χ0) is 8.39. The van der Waals surface area contributed by atoms with Crippen molar-refractivity contribution in [3.63, 3.8) is 0 Å². The van der Waals surface area contributed by atoms with Crippen molar-refractivity contribution in [1.29, 1.82) is 0 Å². The standard InChI is InChI=1S/C7H8N4O/c12-7-9-6(10-11-7)5-2-1-3-8-4-5/h1-4,6,10H,(H2,9,11,12). The van der Waals surface area contributed by atoms with E-state index in [9.17, 15) is 4.79 Å². The van der Waals surface area contributed by atoms with E-state index in [2.05, 4.69) is 21.2 Å². The van der Waals surface area contributed by atoms with E-state index in [1.807, 2.05) is 12.1 Å². The second-order valence-electron chi connectivity index (χ2n) is 2.46. The van der Waals surface area contributed by atoms with Gasteiger partial charge in [0.25, 0.3) is 0 Å². The van der Waals surface area contributed by atoms with Crippen LogP contribution >= 0.6 is 0 Å². The van der Waals surface area contributed by atoms with Crippen LogP contribution in [0.15, 0.2) is 24.5 Å². The lowest BCUT2D eigenvalue weighted by atomic mass is 10.2. The predicted octanol–water partition coefficient (Wildman–Crippen LogP) is -0.102. The number of aromatic nitrogens is 1. The van der Waals surface area contributed by atoms with Crippen LogP contribution in [0.4, 0.5) is 4.79 Å². The Morgan fingerprint density at radius 3 is 3.00 bits per heavy atom. The molecule has 0 radical (unpaired) electrons. The number of pyridine rings is 1. The molecule has 0 aliphatic carbocycles. The van der Waals surface area contributed by atoms with Crippen molar-refractivity contribution in [2.45, 2.75) is 6.17 Å². The Kier molecular flexibility index (Phi) is 1.64. The second kappa shape index (κ2) is 2.78. The molecule has 1 aromatic heterocycles. The van der Waals surface area contributed by atoms with Crippen molar-refractivity contribution < 1.29 is 4.79 Å². The fourth-order valence-electron chi connectivity index (χ4n) is 1.05. The van der Waals surface area contributed by atoms with Gasteiger partial charge in [-0.1, -0.05) is 6.07 Å². The molecule has 3 N–H and O–H groups in total. The fourth-order valence-corrected chi connectivity index (χ4v) is 1.05. The molecule has 1 saturated heterocycles. The van der Waals surface area contributed by atoms with Gasteiger partial charge in [-0.2, -0.15) is 0 Å². The van der Waals surface area contributed by atoms with Crippen molar-refractivity contribution in [2.75, 3.05) is 0 Å². The number of hydrogen-bond donors (Lipinski definition) is 3. The van der Waals surface area contributed by atoms with Crippen molar-refractivity contribution in [3.05, 3.63) is 30.1 Å². The summed E-state index contributed by atoms with van der Waals surface area (Å²) in [6, 6.07) is 3.49. The maximum Gasteiger partial charge on any atom is 0.330 e. The Labute approximate surface area is 69.2 Å². The first-order valence-electron chi connectivity index (χ1n) is 3.58. The zero-order valence-electron chi connectivity index (χ0n) is 6.24.